The van der Waals surface area contributed by atoms with Crippen LogP contribution in [-0.2, 0) is 13.1 Å². The van der Waals surface area contributed by atoms with E-state index in [1.165, 1.54) is 5.56 Å². The molecule has 0 bridgehead atoms. The Hall–Kier alpha value is -2.53. The molecule has 1 aliphatic rings. The summed E-state index contributed by atoms with van der Waals surface area (Å²) in [6.45, 7) is 6.83. The van der Waals surface area contributed by atoms with Crippen molar-refractivity contribution in [1.29, 1.82) is 0 Å². The molecule has 3 rings (SSSR count). The number of nitrogens with one attached hydrogen (secondary N) is 1. The molecule has 26 heavy (non-hydrogen) atoms. The van der Waals surface area contributed by atoms with Crippen LogP contribution in [0.1, 0.15) is 16.7 Å². The van der Waals surface area contributed by atoms with Gasteiger partial charge in [-0.2, -0.15) is 0 Å². The summed E-state index contributed by atoms with van der Waals surface area (Å²) < 4.78 is 5.27. The van der Waals surface area contributed by atoms with Crippen LogP contribution in [0.25, 0.3) is 0 Å². The van der Waals surface area contributed by atoms with Crippen molar-refractivity contribution < 1.29 is 9.53 Å². The Morgan fingerprint density at radius 3 is 2.42 bits per heavy atom. The van der Waals surface area contributed by atoms with Crippen molar-refractivity contribution >= 4 is 6.03 Å². The largest absolute Gasteiger partial charge is 0.496 e. The molecule has 2 aromatic rings. The van der Waals surface area contributed by atoms with E-state index in [-0.39, 0.29) is 6.03 Å². The zero-order chi connectivity index (χ0) is 18.4. The number of hydrogen-bond acceptors (Lipinski definition) is 3. The number of benzene rings is 2. The highest BCUT2D eigenvalue weighted by atomic mass is 16.5. The van der Waals surface area contributed by atoms with Crippen molar-refractivity contribution in [2.75, 3.05) is 33.3 Å². The van der Waals surface area contributed by atoms with Crippen LogP contribution in [0.4, 0.5) is 4.79 Å². The fourth-order valence-electron chi connectivity index (χ4n) is 3.29. The molecule has 0 aliphatic carbocycles. The van der Waals surface area contributed by atoms with Crippen LogP contribution < -0.4 is 10.1 Å². The molecule has 0 aromatic heterocycles. The molecule has 0 radical (unpaired) electrons. The number of aryl methyl sites for hydroxylation is 1. The normalized spacial score (nSPS) is 14.9. The summed E-state index contributed by atoms with van der Waals surface area (Å²) in [4.78, 5) is 16.7. The van der Waals surface area contributed by atoms with Crippen LogP contribution >= 0.6 is 0 Å². The quantitative estimate of drug-likeness (QED) is 0.899. The first-order valence-corrected chi connectivity index (χ1v) is 9.08. The number of methoxy groups -OCH3 is 1. The lowest BCUT2D eigenvalue weighted by molar-refractivity contribution is 0.135. The van der Waals surface area contributed by atoms with Crippen molar-refractivity contribution in [1.82, 2.24) is 15.1 Å². The summed E-state index contributed by atoms with van der Waals surface area (Å²) in [5, 5.41) is 3.03. The van der Waals surface area contributed by atoms with Gasteiger partial charge in [0.25, 0.3) is 0 Å². The highest BCUT2D eigenvalue weighted by Gasteiger charge is 2.20. The number of ether oxygens (including phenoxy) is 1. The minimum absolute atomic E-state index is 0.0119. The van der Waals surface area contributed by atoms with E-state index in [9.17, 15) is 4.79 Å². The van der Waals surface area contributed by atoms with Crippen LogP contribution in [-0.4, -0.2) is 49.1 Å². The lowest BCUT2D eigenvalue weighted by Crippen LogP contribution is -2.51. The molecule has 2 amide bonds. The van der Waals surface area contributed by atoms with Gasteiger partial charge in [-0.25, -0.2) is 4.79 Å². The second-order valence-corrected chi connectivity index (χ2v) is 6.71. The predicted molar refractivity (Wildman–Crippen MR) is 103 cm³/mol. The number of nitrogens with zero attached hydrogens (tertiary/aromatic N) is 2. The molecule has 1 aliphatic heterocycles. The second kappa shape index (κ2) is 8.72. The van der Waals surface area contributed by atoms with Gasteiger partial charge in [-0.05, 0) is 29.7 Å². The van der Waals surface area contributed by atoms with Crippen LogP contribution in [0.2, 0.25) is 0 Å². The number of piperazine rings is 1. The molecule has 2 aromatic carbocycles. The SMILES string of the molecule is COc1ccc(CNC(=O)N2CCN(Cc3ccccc3)CC2)cc1C. The monoisotopic (exact) mass is 353 g/mol. The van der Waals surface area contributed by atoms with Crippen LogP contribution in [0.3, 0.4) is 0 Å². The maximum atomic E-state index is 12.4. The number of urea groups is 1. The molecule has 1 fully saturated rings. The predicted octanol–water partition coefficient (Wildman–Crippen LogP) is 3.03. The van der Waals surface area contributed by atoms with Crippen molar-refractivity contribution in [2.45, 2.75) is 20.0 Å². The second-order valence-electron chi connectivity index (χ2n) is 6.71. The fraction of sp³-hybridized carbons (Fsp3) is 0.381. The Morgan fingerprint density at radius 1 is 1.04 bits per heavy atom. The minimum Gasteiger partial charge on any atom is -0.496 e. The molecule has 5 heteroatoms. The van der Waals surface area contributed by atoms with E-state index in [2.05, 4.69) is 40.5 Å². The van der Waals surface area contributed by atoms with Crippen LogP contribution in [0, 0.1) is 6.92 Å². The van der Waals surface area contributed by atoms with Crippen molar-refractivity contribution in [3.05, 3.63) is 65.2 Å². The Labute approximate surface area is 155 Å². The molecule has 138 valence electrons. The Balaban J connectivity index is 1.44. The van der Waals surface area contributed by atoms with E-state index in [1.807, 2.05) is 30.0 Å². The van der Waals surface area contributed by atoms with Gasteiger partial charge in [0.05, 0.1) is 7.11 Å². The molecule has 0 spiro atoms. The lowest BCUT2D eigenvalue weighted by Gasteiger charge is -2.34. The standard InChI is InChI=1S/C21H27N3O2/c1-17-14-19(8-9-20(17)26-2)15-22-21(25)24-12-10-23(11-13-24)16-18-6-4-3-5-7-18/h3-9,14H,10-13,15-16H2,1-2H3,(H,22,25). The Morgan fingerprint density at radius 2 is 1.77 bits per heavy atom. The van der Waals surface area contributed by atoms with Crippen molar-refractivity contribution in [2.24, 2.45) is 0 Å². The molecule has 1 saturated heterocycles. The van der Waals surface area contributed by atoms with Crippen molar-refractivity contribution in [3.8, 4) is 5.75 Å². The summed E-state index contributed by atoms with van der Waals surface area (Å²) >= 11 is 0. The van der Waals surface area contributed by atoms with Gasteiger partial charge >= 0.3 is 6.03 Å². The lowest BCUT2D eigenvalue weighted by atomic mass is 10.1. The fourth-order valence-corrected chi connectivity index (χ4v) is 3.29. The van der Waals surface area contributed by atoms with E-state index in [1.54, 1.807) is 7.11 Å². The number of carbonyl (C=O) groups is 1. The van der Waals surface area contributed by atoms with Gasteiger partial charge in [0, 0.05) is 39.3 Å². The average molecular weight is 353 g/mol. The van der Waals surface area contributed by atoms with E-state index in [4.69, 9.17) is 4.74 Å². The van der Waals surface area contributed by atoms with Gasteiger partial charge in [-0.3, -0.25) is 4.90 Å². The van der Waals surface area contributed by atoms with Gasteiger partial charge in [-0.1, -0.05) is 42.5 Å². The van der Waals surface area contributed by atoms with E-state index < -0.39 is 0 Å². The molecule has 5 nitrogen and oxygen atoms in total. The summed E-state index contributed by atoms with van der Waals surface area (Å²) in [5.41, 5.74) is 3.48. The summed E-state index contributed by atoms with van der Waals surface area (Å²) in [6.07, 6.45) is 0. The zero-order valence-corrected chi connectivity index (χ0v) is 15.6. The maximum absolute atomic E-state index is 12.4. The van der Waals surface area contributed by atoms with Gasteiger partial charge in [0.1, 0.15) is 5.75 Å². The third kappa shape index (κ3) is 4.76. The molecular weight excluding hydrogens is 326 g/mol. The molecule has 1 heterocycles. The van der Waals surface area contributed by atoms with Gasteiger partial charge in [-0.15, -0.1) is 0 Å². The number of hydrogen-bond donors (Lipinski definition) is 1. The van der Waals surface area contributed by atoms with Crippen LogP contribution in [0.5, 0.6) is 5.75 Å². The highest BCUT2D eigenvalue weighted by Crippen LogP contribution is 2.18. The van der Waals surface area contributed by atoms with Gasteiger partial charge < -0.3 is 15.0 Å². The molecular formula is C21H27N3O2. The van der Waals surface area contributed by atoms with E-state index in [0.717, 1.165) is 49.6 Å². The van der Waals surface area contributed by atoms with E-state index in [0.29, 0.717) is 6.54 Å². The maximum Gasteiger partial charge on any atom is 0.317 e. The average Bonchev–Trinajstić information content (AvgIpc) is 2.67. The smallest absolute Gasteiger partial charge is 0.317 e. The van der Waals surface area contributed by atoms with Crippen LogP contribution in [0.15, 0.2) is 48.5 Å². The topological polar surface area (TPSA) is 44.8 Å². The molecule has 0 atom stereocenters. The van der Waals surface area contributed by atoms with Crippen molar-refractivity contribution in [3.63, 3.8) is 0 Å². The minimum atomic E-state index is 0.0119. The summed E-state index contributed by atoms with van der Waals surface area (Å²) in [6, 6.07) is 16.5. The number of rotatable bonds is 5. The summed E-state index contributed by atoms with van der Waals surface area (Å²) in [7, 11) is 1.67. The third-order valence-electron chi connectivity index (χ3n) is 4.81. The van der Waals surface area contributed by atoms with Gasteiger partial charge in [0.2, 0.25) is 0 Å². The zero-order valence-electron chi connectivity index (χ0n) is 15.6. The van der Waals surface area contributed by atoms with E-state index >= 15 is 0 Å². The first kappa shape index (κ1) is 18.3. The first-order valence-electron chi connectivity index (χ1n) is 9.08. The molecule has 1 N–H and O–H groups in total. The summed E-state index contributed by atoms with van der Waals surface area (Å²) in [5.74, 6) is 0.870. The highest BCUT2D eigenvalue weighted by molar-refractivity contribution is 5.74. The number of carbonyl (C=O) groups excluding carboxylic acids is 1. The Kier molecular flexibility index (Phi) is 6.12. The molecule has 0 unspecified atom stereocenters. The number of amides is 2. The third-order valence-corrected chi connectivity index (χ3v) is 4.81. The molecule has 0 saturated carbocycles. The first-order chi connectivity index (χ1) is 12.7. The Bertz CT molecular complexity index is 725. The van der Waals surface area contributed by atoms with Gasteiger partial charge in [0.15, 0.2) is 0 Å².